The predicted molar refractivity (Wildman–Crippen MR) is 103 cm³/mol. The molecule has 0 atom stereocenters. The van der Waals surface area contributed by atoms with Crippen LogP contribution in [0.2, 0.25) is 0 Å². The average molecular weight is 373 g/mol. The van der Waals surface area contributed by atoms with Gasteiger partial charge in [0, 0.05) is 30.2 Å². The number of methoxy groups -OCH3 is 1. The van der Waals surface area contributed by atoms with Crippen molar-refractivity contribution < 1.29 is 9.53 Å². The van der Waals surface area contributed by atoms with Crippen molar-refractivity contribution in [3.8, 4) is 5.75 Å². The largest absolute Gasteiger partial charge is 0.497 e. The molecule has 1 saturated heterocycles. The molecule has 1 aromatic carbocycles. The van der Waals surface area contributed by atoms with Crippen molar-refractivity contribution in [2.24, 2.45) is 5.92 Å². The van der Waals surface area contributed by atoms with Crippen molar-refractivity contribution in [1.82, 2.24) is 10.2 Å². The number of carbonyl (C=O) groups excluding carboxylic acids is 1. The quantitative estimate of drug-likeness (QED) is 0.709. The maximum atomic E-state index is 12.3. The summed E-state index contributed by atoms with van der Waals surface area (Å²) in [6.45, 7) is 2.94. The lowest BCUT2D eigenvalue weighted by atomic mass is 9.93. The summed E-state index contributed by atoms with van der Waals surface area (Å²) in [5, 5.41) is 3.21. The molecular weight excluding hydrogens is 344 g/mol. The number of nitrogens with zero attached hydrogens (tertiary/aromatic N) is 1. The maximum Gasteiger partial charge on any atom is 0.223 e. The van der Waals surface area contributed by atoms with Crippen LogP contribution in [0, 0.1) is 5.92 Å². The number of likely N-dealkylation sites (tertiary alicyclic amines) is 1. The van der Waals surface area contributed by atoms with E-state index in [0.29, 0.717) is 12.3 Å². The Morgan fingerprint density at radius 2 is 1.96 bits per heavy atom. The number of thioether (sulfide) groups is 1. The first-order valence-electron chi connectivity index (χ1n) is 8.42. The summed E-state index contributed by atoms with van der Waals surface area (Å²) in [5.74, 6) is 2.79. The van der Waals surface area contributed by atoms with Gasteiger partial charge in [-0.1, -0.05) is 0 Å². The Kier molecular flexibility index (Phi) is 10.2. The van der Waals surface area contributed by atoms with Crippen molar-refractivity contribution in [3.05, 3.63) is 24.3 Å². The van der Waals surface area contributed by atoms with E-state index in [1.54, 1.807) is 18.9 Å². The standard InChI is InChI=1S/C18H28N2O2S.ClH/c1-19-11-7-15-8-12-20(13-9-15)18(21)10-14-23-17-5-3-16(22-2)4-6-17;/h3-6,15,19H,7-14H2,1-2H3;1H. The summed E-state index contributed by atoms with van der Waals surface area (Å²) < 4.78 is 5.15. The number of piperidine rings is 1. The lowest BCUT2D eigenvalue weighted by Crippen LogP contribution is -2.39. The molecule has 0 bridgehead atoms. The van der Waals surface area contributed by atoms with Crippen molar-refractivity contribution in [2.45, 2.75) is 30.6 Å². The molecule has 1 heterocycles. The Bertz CT molecular complexity index is 476. The first-order chi connectivity index (χ1) is 11.2. The minimum Gasteiger partial charge on any atom is -0.497 e. The molecule has 0 radical (unpaired) electrons. The highest BCUT2D eigenvalue weighted by molar-refractivity contribution is 7.99. The van der Waals surface area contributed by atoms with E-state index in [-0.39, 0.29) is 12.4 Å². The molecule has 1 aliphatic rings. The summed E-state index contributed by atoms with van der Waals surface area (Å²) in [6, 6.07) is 8.00. The van der Waals surface area contributed by atoms with Gasteiger partial charge >= 0.3 is 0 Å². The Hall–Kier alpha value is -0.910. The van der Waals surface area contributed by atoms with E-state index in [1.807, 2.05) is 36.2 Å². The smallest absolute Gasteiger partial charge is 0.223 e. The molecule has 0 spiro atoms. The van der Waals surface area contributed by atoms with Crippen molar-refractivity contribution in [1.29, 1.82) is 0 Å². The summed E-state index contributed by atoms with van der Waals surface area (Å²) in [6.07, 6.45) is 4.15. The molecule has 0 aromatic heterocycles. The molecule has 136 valence electrons. The van der Waals surface area contributed by atoms with Gasteiger partial charge in [0.1, 0.15) is 5.75 Å². The molecule has 1 fully saturated rings. The average Bonchev–Trinajstić information content (AvgIpc) is 2.61. The zero-order chi connectivity index (χ0) is 16.5. The molecule has 2 rings (SSSR count). The van der Waals surface area contributed by atoms with Crippen LogP contribution in [0.5, 0.6) is 5.75 Å². The topological polar surface area (TPSA) is 41.6 Å². The predicted octanol–water partition coefficient (Wildman–Crippen LogP) is 3.45. The van der Waals surface area contributed by atoms with Crippen molar-refractivity contribution in [3.63, 3.8) is 0 Å². The molecule has 4 nitrogen and oxygen atoms in total. The summed E-state index contributed by atoms with van der Waals surface area (Å²) in [7, 11) is 3.67. The Balaban J connectivity index is 0.00000288. The van der Waals surface area contributed by atoms with Crippen LogP contribution < -0.4 is 10.1 Å². The summed E-state index contributed by atoms with van der Waals surface area (Å²) >= 11 is 1.73. The first kappa shape index (κ1) is 21.1. The van der Waals surface area contributed by atoms with Crippen LogP contribution in [-0.2, 0) is 4.79 Å². The van der Waals surface area contributed by atoms with Gasteiger partial charge in [-0.2, -0.15) is 0 Å². The van der Waals surface area contributed by atoms with Gasteiger partial charge in [-0.3, -0.25) is 4.79 Å². The van der Waals surface area contributed by atoms with E-state index >= 15 is 0 Å². The first-order valence-corrected chi connectivity index (χ1v) is 9.40. The second kappa shape index (κ2) is 11.6. The third kappa shape index (κ3) is 6.91. The van der Waals surface area contributed by atoms with Gasteiger partial charge in [0.25, 0.3) is 0 Å². The minimum absolute atomic E-state index is 0. The fourth-order valence-electron chi connectivity index (χ4n) is 2.91. The van der Waals surface area contributed by atoms with Gasteiger partial charge in [0.2, 0.25) is 5.91 Å². The fourth-order valence-corrected chi connectivity index (χ4v) is 3.75. The zero-order valence-electron chi connectivity index (χ0n) is 14.6. The van der Waals surface area contributed by atoms with Crippen LogP contribution in [0.15, 0.2) is 29.2 Å². The van der Waals surface area contributed by atoms with Crippen LogP contribution in [0.25, 0.3) is 0 Å². The van der Waals surface area contributed by atoms with Crippen LogP contribution in [-0.4, -0.2) is 50.4 Å². The molecule has 1 aromatic rings. The van der Waals surface area contributed by atoms with Gasteiger partial charge in [0.05, 0.1) is 7.11 Å². The third-order valence-electron chi connectivity index (χ3n) is 4.41. The lowest BCUT2D eigenvalue weighted by molar-refractivity contribution is -0.132. The van der Waals surface area contributed by atoms with E-state index in [9.17, 15) is 4.79 Å². The molecule has 6 heteroatoms. The van der Waals surface area contributed by atoms with Crippen LogP contribution in [0.1, 0.15) is 25.7 Å². The highest BCUT2D eigenvalue weighted by Gasteiger charge is 2.21. The molecule has 24 heavy (non-hydrogen) atoms. The number of hydrogen-bond acceptors (Lipinski definition) is 4. The number of carbonyl (C=O) groups is 1. The van der Waals surface area contributed by atoms with E-state index in [1.165, 1.54) is 11.3 Å². The van der Waals surface area contributed by atoms with Gasteiger partial charge in [-0.05, 0) is 63.0 Å². The minimum atomic E-state index is 0. The number of ether oxygens (including phenoxy) is 1. The van der Waals surface area contributed by atoms with Crippen LogP contribution >= 0.6 is 24.2 Å². The van der Waals surface area contributed by atoms with Crippen molar-refractivity contribution in [2.75, 3.05) is 39.5 Å². The Morgan fingerprint density at radius 1 is 1.29 bits per heavy atom. The monoisotopic (exact) mass is 372 g/mol. The van der Waals surface area contributed by atoms with Gasteiger partial charge in [0.15, 0.2) is 0 Å². The molecular formula is C18H29ClN2O2S. The fraction of sp³-hybridized carbons (Fsp3) is 0.611. The van der Waals surface area contributed by atoms with E-state index in [0.717, 1.165) is 49.9 Å². The second-order valence-corrected chi connectivity index (χ2v) is 7.16. The Labute approximate surface area is 156 Å². The number of halogens is 1. The number of rotatable bonds is 8. The van der Waals surface area contributed by atoms with Gasteiger partial charge in [-0.15, -0.1) is 24.2 Å². The molecule has 1 amide bonds. The van der Waals surface area contributed by atoms with Gasteiger partial charge in [-0.25, -0.2) is 0 Å². The number of benzene rings is 1. The van der Waals surface area contributed by atoms with E-state index in [4.69, 9.17) is 4.74 Å². The highest BCUT2D eigenvalue weighted by atomic mass is 35.5. The van der Waals surface area contributed by atoms with E-state index in [2.05, 4.69) is 5.32 Å². The molecule has 0 unspecified atom stereocenters. The maximum absolute atomic E-state index is 12.3. The highest BCUT2D eigenvalue weighted by Crippen LogP contribution is 2.23. The summed E-state index contributed by atoms with van der Waals surface area (Å²) in [5.41, 5.74) is 0. The molecule has 0 aliphatic carbocycles. The zero-order valence-corrected chi connectivity index (χ0v) is 16.3. The second-order valence-electron chi connectivity index (χ2n) is 5.99. The van der Waals surface area contributed by atoms with Crippen molar-refractivity contribution >= 4 is 30.1 Å². The molecule has 1 N–H and O–H groups in total. The van der Waals surface area contributed by atoms with E-state index < -0.39 is 0 Å². The van der Waals surface area contributed by atoms with Crippen LogP contribution in [0.4, 0.5) is 0 Å². The SMILES string of the molecule is CNCCC1CCN(C(=O)CCSc2ccc(OC)cc2)CC1.Cl. The number of nitrogens with one attached hydrogen (secondary N) is 1. The summed E-state index contributed by atoms with van der Waals surface area (Å²) in [4.78, 5) is 15.5. The Morgan fingerprint density at radius 3 is 2.54 bits per heavy atom. The molecule has 1 aliphatic heterocycles. The number of amides is 1. The normalized spacial score (nSPS) is 15.0. The molecule has 0 saturated carbocycles. The third-order valence-corrected chi connectivity index (χ3v) is 5.43. The van der Waals surface area contributed by atoms with Crippen LogP contribution in [0.3, 0.4) is 0 Å². The van der Waals surface area contributed by atoms with Gasteiger partial charge < -0.3 is 15.0 Å². The number of hydrogen-bond donors (Lipinski definition) is 1. The lowest BCUT2D eigenvalue weighted by Gasteiger charge is -2.32.